The molecule has 0 spiro atoms. The van der Waals surface area contributed by atoms with Crippen molar-refractivity contribution in [1.82, 2.24) is 40.1 Å². The average molecular weight is 1200 g/mol. The molecule has 0 aliphatic rings. The molecule has 0 radical (unpaired) electrons. The number of methoxy groups -OCH3 is 1. The number of sulfonamides is 1. The maximum absolute atomic E-state index is 15.1. The molecule has 1 aromatic carbocycles. The van der Waals surface area contributed by atoms with Gasteiger partial charge in [-0.1, -0.05) is 18.2 Å². The summed E-state index contributed by atoms with van der Waals surface area (Å²) in [7, 11) is -3.75. The summed E-state index contributed by atoms with van der Waals surface area (Å²) in [5, 5.41) is 39.2. The largest absolute Gasteiger partial charge is 0.510 e. The molecular formula is C44H52N12O26S. The standard InChI is InChI=1S/C44H52N12O26S/c1-29-9-10-36(46-28-29)83(66,67)53(31(3)81-44(59)76-21-15-71-18-26-79-56(64)65)40-37(82-35-8-6-5-7-34(35)68-4)41(72-22-23-74-42(57)73-19-13-69-16-24-77-54(60)61)48-38(47-40)32-11-12-45-33(27-32)39-49-50-51-52(39)30(2)80-43(58)75-20-14-70-17-25-78-55(62)63/h5-12,27-28,30-31H,13-26H2,1-4H3. The van der Waals surface area contributed by atoms with Crippen molar-refractivity contribution < 1.29 is 109 Å². The summed E-state index contributed by atoms with van der Waals surface area (Å²) in [6.07, 6.45) is -4.50. The third-order valence-corrected chi connectivity index (χ3v) is 11.6. The van der Waals surface area contributed by atoms with Crippen LogP contribution in [0.4, 0.5) is 20.2 Å². The van der Waals surface area contributed by atoms with Gasteiger partial charge in [0.15, 0.2) is 40.6 Å². The summed E-state index contributed by atoms with van der Waals surface area (Å²) >= 11 is 0. The monoisotopic (exact) mass is 1200 g/mol. The quantitative estimate of drug-likeness (QED) is 0.0137. The topological polar surface area (TPSA) is 452 Å². The van der Waals surface area contributed by atoms with Gasteiger partial charge in [0.1, 0.15) is 58.5 Å². The highest BCUT2D eigenvalue weighted by atomic mass is 32.2. The number of pyridine rings is 2. The molecule has 0 N–H and O–H groups in total. The summed E-state index contributed by atoms with van der Waals surface area (Å²) in [6.45, 7) is -0.472. The summed E-state index contributed by atoms with van der Waals surface area (Å²) in [5.41, 5.74) is 0.566. The maximum Gasteiger partial charge on any atom is 0.510 e. The number of ether oxygens (including phenoxy) is 12. The molecule has 0 aliphatic carbocycles. The summed E-state index contributed by atoms with van der Waals surface area (Å²) in [6, 6.07) is 11.4. The molecule has 0 aliphatic heterocycles. The van der Waals surface area contributed by atoms with Crippen LogP contribution in [-0.2, 0) is 67.2 Å². The van der Waals surface area contributed by atoms with Gasteiger partial charge >= 0.3 is 18.5 Å². The van der Waals surface area contributed by atoms with Gasteiger partial charge in [-0.2, -0.15) is 18.1 Å². The Bertz CT molecular complexity index is 3050. The molecule has 0 saturated carbocycles. The van der Waals surface area contributed by atoms with Crippen molar-refractivity contribution in [2.24, 2.45) is 0 Å². The predicted molar refractivity (Wildman–Crippen MR) is 267 cm³/mol. The van der Waals surface area contributed by atoms with Gasteiger partial charge in [-0.05, 0) is 67.1 Å². The fourth-order valence-electron chi connectivity index (χ4n) is 6.30. The number of aromatic nitrogens is 8. The van der Waals surface area contributed by atoms with Crippen LogP contribution in [0.2, 0.25) is 0 Å². The minimum Gasteiger partial charge on any atom is -0.493 e. The van der Waals surface area contributed by atoms with E-state index in [1.165, 1.54) is 56.8 Å². The zero-order chi connectivity index (χ0) is 60.2. The van der Waals surface area contributed by atoms with Gasteiger partial charge in [0.25, 0.3) is 31.2 Å². The molecule has 0 amide bonds. The van der Waals surface area contributed by atoms with Crippen molar-refractivity contribution in [1.29, 1.82) is 0 Å². The lowest BCUT2D eigenvalue weighted by molar-refractivity contribution is -0.758. The highest BCUT2D eigenvalue weighted by molar-refractivity contribution is 7.92. The lowest BCUT2D eigenvalue weighted by atomic mass is 10.2. The fourth-order valence-corrected chi connectivity index (χ4v) is 7.72. The molecule has 39 heteroatoms. The van der Waals surface area contributed by atoms with Gasteiger partial charge < -0.3 is 71.4 Å². The summed E-state index contributed by atoms with van der Waals surface area (Å²) < 4.78 is 96.4. The van der Waals surface area contributed by atoms with Crippen LogP contribution < -0.4 is 18.5 Å². The van der Waals surface area contributed by atoms with E-state index >= 15 is 8.42 Å². The van der Waals surface area contributed by atoms with Crippen LogP contribution in [0.5, 0.6) is 23.1 Å². The molecule has 450 valence electrons. The second-order valence-corrected chi connectivity index (χ2v) is 17.3. The number of tetrazole rings is 1. The zero-order valence-corrected chi connectivity index (χ0v) is 45.0. The van der Waals surface area contributed by atoms with Crippen molar-refractivity contribution in [3.05, 3.63) is 96.8 Å². The minimum atomic E-state index is -5.07. The second kappa shape index (κ2) is 33.0. The molecule has 83 heavy (non-hydrogen) atoms. The number of aryl methyl sites for hydroxylation is 1. The Morgan fingerprint density at radius 2 is 1.23 bits per heavy atom. The van der Waals surface area contributed by atoms with Crippen molar-refractivity contribution in [3.8, 4) is 46.0 Å². The van der Waals surface area contributed by atoms with E-state index in [-0.39, 0.29) is 100 Å². The van der Waals surface area contributed by atoms with Crippen LogP contribution in [0, 0.1) is 37.3 Å². The molecule has 5 rings (SSSR count). The van der Waals surface area contributed by atoms with Gasteiger partial charge in [0.05, 0.1) is 46.8 Å². The SMILES string of the molecule is COc1ccccc1Oc1c(OCCOC(=O)OCCOCCO[N+](=O)[O-])nc(-c2ccnc(-c3nnnn3C(C)OC(=O)OCCOCCO[N+](=O)[O-])c2)nc1N(C(C)OC(=O)OCCOCCO[N+](=O)[O-])S(=O)(=O)c1ccc(C)cn1. The third kappa shape index (κ3) is 20.9. The first kappa shape index (κ1) is 63.9. The van der Waals surface area contributed by atoms with Gasteiger partial charge in [0, 0.05) is 18.0 Å². The first-order chi connectivity index (χ1) is 39.9. The number of anilines is 1. The van der Waals surface area contributed by atoms with E-state index < -0.39 is 105 Å². The van der Waals surface area contributed by atoms with E-state index in [9.17, 15) is 44.7 Å². The number of benzene rings is 1. The van der Waals surface area contributed by atoms with Gasteiger partial charge in [-0.3, -0.25) is 4.98 Å². The van der Waals surface area contributed by atoms with Crippen molar-refractivity contribution in [3.63, 3.8) is 0 Å². The van der Waals surface area contributed by atoms with Gasteiger partial charge in [0.2, 0.25) is 11.6 Å². The Morgan fingerprint density at radius 1 is 0.675 bits per heavy atom. The summed E-state index contributed by atoms with van der Waals surface area (Å²) in [5.74, 6) is -2.29. The van der Waals surface area contributed by atoms with Crippen LogP contribution >= 0.6 is 0 Å². The molecule has 4 aromatic heterocycles. The average Bonchev–Trinajstić information content (AvgIpc) is 2.94. The zero-order valence-electron chi connectivity index (χ0n) is 44.2. The molecule has 38 nitrogen and oxygen atoms in total. The number of rotatable bonds is 37. The lowest BCUT2D eigenvalue weighted by Gasteiger charge is -2.30. The van der Waals surface area contributed by atoms with Crippen LogP contribution in [-0.4, -0.2) is 188 Å². The molecule has 2 unspecified atom stereocenters. The minimum absolute atomic E-state index is 0.0205. The smallest absolute Gasteiger partial charge is 0.493 e. The van der Waals surface area contributed by atoms with E-state index in [0.717, 1.165) is 17.7 Å². The Labute approximate surface area is 467 Å². The van der Waals surface area contributed by atoms with Crippen LogP contribution in [0.15, 0.2) is 66.0 Å². The normalized spacial score (nSPS) is 11.7. The van der Waals surface area contributed by atoms with Crippen molar-refractivity contribution >= 4 is 34.3 Å². The highest BCUT2D eigenvalue weighted by Gasteiger charge is 2.39. The number of para-hydroxylation sites is 2. The van der Waals surface area contributed by atoms with Crippen molar-refractivity contribution in [2.75, 3.05) is 104 Å². The van der Waals surface area contributed by atoms with E-state index in [1.54, 1.807) is 19.1 Å². The molecule has 0 saturated heterocycles. The number of nitrogens with zero attached hydrogens (tertiary/aromatic N) is 12. The number of carbonyl (C=O) groups is 3. The van der Waals surface area contributed by atoms with Crippen molar-refractivity contribution in [2.45, 2.75) is 38.3 Å². The predicted octanol–water partition coefficient (Wildman–Crippen LogP) is 3.27. The first-order valence-electron chi connectivity index (χ1n) is 24.0. The Morgan fingerprint density at radius 3 is 1.80 bits per heavy atom. The maximum atomic E-state index is 15.1. The third-order valence-electron chi connectivity index (χ3n) is 9.82. The molecule has 0 bridgehead atoms. The Hall–Kier alpha value is -9.89. The lowest BCUT2D eigenvalue weighted by Crippen LogP contribution is -2.43. The first-order valence-corrected chi connectivity index (χ1v) is 25.4. The van der Waals surface area contributed by atoms with Gasteiger partial charge in [-0.25, -0.2) is 28.7 Å². The molecule has 0 fully saturated rings. The van der Waals surface area contributed by atoms with Crippen LogP contribution in [0.25, 0.3) is 22.9 Å². The number of hydrogen-bond donors (Lipinski definition) is 0. The molecule has 4 heterocycles. The van der Waals surface area contributed by atoms with E-state index in [2.05, 4.69) is 50.0 Å². The Balaban J connectivity index is 1.56. The molecule has 2 atom stereocenters. The fraction of sp³-hybridized carbons (Fsp3) is 0.455. The van der Waals surface area contributed by atoms with E-state index in [0.29, 0.717) is 9.87 Å². The number of carbonyl (C=O) groups excluding carboxylic acids is 3. The summed E-state index contributed by atoms with van der Waals surface area (Å²) in [4.78, 5) is 99.9. The molecule has 5 aromatic rings. The second-order valence-electron chi connectivity index (χ2n) is 15.5. The van der Waals surface area contributed by atoms with Gasteiger partial charge in [-0.15, -0.1) is 35.4 Å². The van der Waals surface area contributed by atoms with Crippen LogP contribution in [0.1, 0.15) is 25.6 Å². The number of hydrogen-bond acceptors (Lipinski definition) is 33. The Kier molecular flexibility index (Phi) is 25.4. The van der Waals surface area contributed by atoms with E-state index in [4.69, 9.17) is 56.8 Å². The van der Waals surface area contributed by atoms with Crippen LogP contribution in [0.3, 0.4) is 0 Å². The molecular weight excluding hydrogens is 1140 g/mol. The highest BCUT2D eigenvalue weighted by Crippen LogP contribution is 2.45. The van der Waals surface area contributed by atoms with E-state index in [1.807, 2.05) is 0 Å².